The van der Waals surface area contributed by atoms with Gasteiger partial charge in [0.1, 0.15) is 17.0 Å². The van der Waals surface area contributed by atoms with E-state index in [1.54, 1.807) is 23.3 Å². The molecular weight excluding hydrogens is 426 g/mol. The molecule has 5 rings (SSSR count). The van der Waals surface area contributed by atoms with Gasteiger partial charge < -0.3 is 19.2 Å². The smallest absolute Gasteiger partial charge is 0.271 e. The molecule has 0 bridgehead atoms. The molecule has 7 heteroatoms. The second kappa shape index (κ2) is 8.17. The topological polar surface area (TPSA) is 67.5 Å². The van der Waals surface area contributed by atoms with Gasteiger partial charge in [-0.1, -0.05) is 36.6 Å². The quantitative estimate of drug-likeness (QED) is 0.601. The van der Waals surface area contributed by atoms with Crippen molar-refractivity contribution in [2.75, 3.05) is 0 Å². The first-order valence-corrected chi connectivity index (χ1v) is 11.4. The maximum absolute atomic E-state index is 13.7. The Hall–Kier alpha value is -2.99. The summed E-state index contributed by atoms with van der Waals surface area (Å²) in [5.41, 5.74) is 1.16. The van der Waals surface area contributed by atoms with E-state index in [2.05, 4.69) is 5.32 Å². The molecule has 1 aliphatic carbocycles. The standard InChI is InChI=1S/C25H26ClN3O3/c1-25(24(31)27-19-8-2-3-9-19)16-28-20(22-10-5-13-32-22)11-12-21(28)23(30)29(25)15-17-6-4-7-18(26)14-17/h4-7,10-14,19H,2-3,8-9,15-16H2,1H3,(H,27,31)/t25-/m0/s1. The number of hydrogen-bond donors (Lipinski definition) is 1. The van der Waals surface area contributed by atoms with Gasteiger partial charge in [0.05, 0.1) is 18.5 Å². The number of halogens is 1. The van der Waals surface area contributed by atoms with E-state index in [1.807, 2.05) is 47.9 Å². The van der Waals surface area contributed by atoms with E-state index in [-0.39, 0.29) is 17.9 Å². The van der Waals surface area contributed by atoms with Crippen molar-refractivity contribution in [2.45, 2.75) is 57.3 Å². The number of carbonyl (C=O) groups excluding carboxylic acids is 2. The van der Waals surface area contributed by atoms with Crippen molar-refractivity contribution in [1.29, 1.82) is 0 Å². The SMILES string of the molecule is C[C@@]1(C(=O)NC2CCCC2)Cn2c(ccc2-c2ccco2)C(=O)N1Cc1cccc(Cl)c1. The predicted molar refractivity (Wildman–Crippen MR) is 122 cm³/mol. The van der Waals surface area contributed by atoms with Gasteiger partial charge in [0.2, 0.25) is 5.91 Å². The van der Waals surface area contributed by atoms with Crippen LogP contribution in [-0.4, -0.2) is 32.9 Å². The number of rotatable bonds is 5. The van der Waals surface area contributed by atoms with Crippen LogP contribution >= 0.6 is 11.6 Å². The highest BCUT2D eigenvalue weighted by Gasteiger charge is 2.48. The van der Waals surface area contributed by atoms with E-state index in [9.17, 15) is 9.59 Å². The normalized spacial score (nSPS) is 21.1. The van der Waals surface area contributed by atoms with Gasteiger partial charge in [-0.3, -0.25) is 9.59 Å². The molecule has 6 nitrogen and oxygen atoms in total. The van der Waals surface area contributed by atoms with Crippen LogP contribution in [0.5, 0.6) is 0 Å². The van der Waals surface area contributed by atoms with Gasteiger partial charge in [-0.25, -0.2) is 0 Å². The maximum Gasteiger partial charge on any atom is 0.271 e. The summed E-state index contributed by atoms with van der Waals surface area (Å²) in [6, 6.07) is 15.0. The Labute approximate surface area is 192 Å². The molecule has 1 N–H and O–H groups in total. The van der Waals surface area contributed by atoms with Crippen molar-refractivity contribution < 1.29 is 14.0 Å². The van der Waals surface area contributed by atoms with Crippen LogP contribution in [0.15, 0.2) is 59.2 Å². The highest BCUT2D eigenvalue weighted by atomic mass is 35.5. The van der Waals surface area contributed by atoms with Crippen LogP contribution in [0.1, 0.15) is 48.7 Å². The summed E-state index contributed by atoms with van der Waals surface area (Å²) in [6.45, 7) is 2.50. The summed E-state index contributed by atoms with van der Waals surface area (Å²) >= 11 is 6.19. The summed E-state index contributed by atoms with van der Waals surface area (Å²) in [5.74, 6) is 0.369. The van der Waals surface area contributed by atoms with Crippen molar-refractivity contribution in [3.63, 3.8) is 0 Å². The van der Waals surface area contributed by atoms with Crippen LogP contribution in [0.4, 0.5) is 0 Å². The molecule has 0 spiro atoms. The molecule has 32 heavy (non-hydrogen) atoms. The van der Waals surface area contributed by atoms with Crippen molar-refractivity contribution >= 4 is 23.4 Å². The maximum atomic E-state index is 13.7. The van der Waals surface area contributed by atoms with Crippen LogP contribution < -0.4 is 5.32 Å². The number of furan rings is 1. The molecule has 0 unspecified atom stereocenters. The van der Waals surface area contributed by atoms with Crippen molar-refractivity contribution in [3.05, 3.63) is 71.1 Å². The third-order valence-electron chi connectivity index (χ3n) is 6.69. The van der Waals surface area contributed by atoms with Crippen LogP contribution in [0.25, 0.3) is 11.5 Å². The predicted octanol–water partition coefficient (Wildman–Crippen LogP) is 4.88. The molecule has 1 aromatic carbocycles. The number of fused-ring (bicyclic) bond motifs is 1. The van der Waals surface area contributed by atoms with Gasteiger partial charge in [0, 0.05) is 17.6 Å². The summed E-state index contributed by atoms with van der Waals surface area (Å²) in [6.07, 6.45) is 5.82. The first-order chi connectivity index (χ1) is 15.5. The fourth-order valence-electron chi connectivity index (χ4n) is 4.89. The van der Waals surface area contributed by atoms with E-state index in [0.717, 1.165) is 36.9 Å². The number of aromatic nitrogens is 1. The van der Waals surface area contributed by atoms with E-state index in [1.165, 1.54) is 0 Å². The Morgan fingerprint density at radius 2 is 1.94 bits per heavy atom. The summed E-state index contributed by atoms with van der Waals surface area (Å²) in [4.78, 5) is 29.0. The average Bonchev–Trinajstić information content (AvgIpc) is 3.52. The minimum absolute atomic E-state index is 0.121. The molecule has 3 heterocycles. The lowest BCUT2D eigenvalue weighted by molar-refractivity contribution is -0.133. The van der Waals surface area contributed by atoms with Gasteiger partial charge in [0.15, 0.2) is 0 Å². The lowest BCUT2D eigenvalue weighted by atomic mass is 9.93. The van der Waals surface area contributed by atoms with Crippen LogP contribution in [0.3, 0.4) is 0 Å². The minimum atomic E-state index is -1.06. The fraction of sp³-hybridized carbons (Fsp3) is 0.360. The summed E-state index contributed by atoms with van der Waals surface area (Å²) in [7, 11) is 0. The number of hydrogen-bond acceptors (Lipinski definition) is 3. The minimum Gasteiger partial charge on any atom is -0.463 e. The average molecular weight is 452 g/mol. The summed E-state index contributed by atoms with van der Waals surface area (Å²) < 4.78 is 7.50. The Bertz CT molecular complexity index is 1150. The number of benzene rings is 1. The molecule has 2 aliphatic rings. The van der Waals surface area contributed by atoms with Crippen LogP contribution in [0.2, 0.25) is 5.02 Å². The number of nitrogens with zero attached hydrogens (tertiary/aromatic N) is 2. The Morgan fingerprint density at radius 3 is 2.66 bits per heavy atom. The largest absolute Gasteiger partial charge is 0.463 e. The third-order valence-corrected chi connectivity index (χ3v) is 6.92. The Kier molecular flexibility index (Phi) is 5.33. The van der Waals surface area contributed by atoms with Gasteiger partial charge in [-0.15, -0.1) is 0 Å². The zero-order valence-corrected chi connectivity index (χ0v) is 18.8. The molecule has 166 valence electrons. The van der Waals surface area contributed by atoms with Crippen molar-refractivity contribution in [1.82, 2.24) is 14.8 Å². The van der Waals surface area contributed by atoms with Crippen LogP contribution in [-0.2, 0) is 17.9 Å². The summed E-state index contributed by atoms with van der Waals surface area (Å²) in [5, 5.41) is 3.82. The lowest BCUT2D eigenvalue weighted by Crippen LogP contribution is -2.64. The molecule has 0 saturated heterocycles. The highest BCUT2D eigenvalue weighted by Crippen LogP contribution is 2.35. The second-order valence-corrected chi connectivity index (χ2v) is 9.35. The third kappa shape index (κ3) is 3.62. The molecule has 1 atom stereocenters. The molecule has 2 aromatic heterocycles. The second-order valence-electron chi connectivity index (χ2n) is 8.92. The van der Waals surface area contributed by atoms with E-state index < -0.39 is 5.54 Å². The monoisotopic (exact) mass is 451 g/mol. The highest BCUT2D eigenvalue weighted by molar-refractivity contribution is 6.30. The lowest BCUT2D eigenvalue weighted by Gasteiger charge is -2.44. The number of amides is 2. The van der Waals surface area contributed by atoms with Gasteiger partial charge >= 0.3 is 0 Å². The first kappa shape index (κ1) is 20.9. The molecule has 3 aromatic rings. The first-order valence-electron chi connectivity index (χ1n) is 11.1. The van der Waals surface area contributed by atoms with Gasteiger partial charge in [0.25, 0.3) is 5.91 Å². The fourth-order valence-corrected chi connectivity index (χ4v) is 5.10. The van der Waals surface area contributed by atoms with Crippen molar-refractivity contribution in [2.24, 2.45) is 0 Å². The zero-order chi connectivity index (χ0) is 22.3. The number of nitrogens with one attached hydrogen (secondary N) is 1. The van der Waals surface area contributed by atoms with E-state index in [4.69, 9.17) is 16.0 Å². The molecule has 1 fully saturated rings. The van der Waals surface area contributed by atoms with Crippen LogP contribution in [0, 0.1) is 0 Å². The molecule has 0 radical (unpaired) electrons. The molecular formula is C25H26ClN3O3. The zero-order valence-electron chi connectivity index (χ0n) is 18.0. The molecule has 2 amide bonds. The Morgan fingerprint density at radius 1 is 1.16 bits per heavy atom. The van der Waals surface area contributed by atoms with Gasteiger partial charge in [-0.2, -0.15) is 0 Å². The van der Waals surface area contributed by atoms with Gasteiger partial charge in [-0.05, 0) is 61.7 Å². The molecule has 1 saturated carbocycles. The van der Waals surface area contributed by atoms with Crippen molar-refractivity contribution in [3.8, 4) is 11.5 Å². The molecule has 1 aliphatic heterocycles. The van der Waals surface area contributed by atoms with E-state index in [0.29, 0.717) is 29.6 Å². The van der Waals surface area contributed by atoms with E-state index >= 15 is 0 Å². The number of carbonyl (C=O) groups is 2. The Balaban J connectivity index is 1.55.